The Kier molecular flexibility index (Phi) is 5.05. The van der Waals surface area contributed by atoms with Crippen LogP contribution in [-0.2, 0) is 6.42 Å². The van der Waals surface area contributed by atoms with Gasteiger partial charge in [0.05, 0.1) is 0 Å². The molecular formula is C14H19ClN2O2. The zero-order valence-corrected chi connectivity index (χ0v) is 11.6. The molecule has 1 fully saturated rings. The third kappa shape index (κ3) is 4.11. The van der Waals surface area contributed by atoms with Crippen LogP contribution in [0.5, 0.6) is 0 Å². The smallest absolute Gasteiger partial charge is 0.317 e. The molecule has 1 aromatic rings. The second kappa shape index (κ2) is 6.78. The highest BCUT2D eigenvalue weighted by Crippen LogP contribution is 2.15. The summed E-state index contributed by atoms with van der Waals surface area (Å²) in [6, 6.07) is 7.60. The topological polar surface area (TPSA) is 52.6 Å². The average Bonchev–Trinajstić information content (AvgIpc) is 2.90. The van der Waals surface area contributed by atoms with E-state index in [4.69, 9.17) is 16.7 Å². The van der Waals surface area contributed by atoms with Gasteiger partial charge in [-0.25, -0.2) is 4.79 Å². The summed E-state index contributed by atoms with van der Waals surface area (Å²) >= 11 is 5.81. The van der Waals surface area contributed by atoms with Crippen LogP contribution in [-0.4, -0.2) is 42.3 Å². The van der Waals surface area contributed by atoms with Crippen LogP contribution < -0.4 is 5.32 Å². The van der Waals surface area contributed by atoms with Crippen LogP contribution in [0.25, 0.3) is 0 Å². The van der Waals surface area contributed by atoms with Gasteiger partial charge >= 0.3 is 6.03 Å². The number of nitrogens with one attached hydrogen (secondary N) is 1. The first kappa shape index (κ1) is 14.2. The van der Waals surface area contributed by atoms with Crippen molar-refractivity contribution in [3.63, 3.8) is 0 Å². The molecule has 5 heteroatoms. The molecule has 1 aliphatic heterocycles. The van der Waals surface area contributed by atoms with Gasteiger partial charge in [0.15, 0.2) is 0 Å². The number of carbonyl (C=O) groups is 1. The average molecular weight is 283 g/mol. The van der Waals surface area contributed by atoms with Crippen molar-refractivity contribution in [2.75, 3.05) is 26.2 Å². The van der Waals surface area contributed by atoms with E-state index in [9.17, 15) is 4.79 Å². The molecule has 1 heterocycles. The Hall–Kier alpha value is -1.26. The molecule has 0 saturated carbocycles. The zero-order chi connectivity index (χ0) is 13.7. The Morgan fingerprint density at radius 3 is 2.79 bits per heavy atom. The standard InChI is InChI=1S/C14H19ClN2O2/c15-13-3-1-11(2-4-13)5-7-16-14(19)17-8-6-12(9-17)10-18/h1-4,12,18H,5-10H2,(H,16,19). The number of aliphatic hydroxyl groups is 1. The maximum Gasteiger partial charge on any atom is 0.317 e. The number of carbonyl (C=O) groups excluding carboxylic acids is 1. The van der Waals surface area contributed by atoms with Crippen LogP contribution >= 0.6 is 11.6 Å². The van der Waals surface area contributed by atoms with Gasteiger partial charge in [-0.2, -0.15) is 0 Å². The number of hydrogen-bond acceptors (Lipinski definition) is 2. The number of rotatable bonds is 4. The first-order chi connectivity index (χ1) is 9.19. The van der Waals surface area contributed by atoms with Gasteiger partial charge in [-0.1, -0.05) is 23.7 Å². The lowest BCUT2D eigenvalue weighted by Gasteiger charge is -2.17. The molecular weight excluding hydrogens is 264 g/mol. The number of aliphatic hydroxyl groups excluding tert-OH is 1. The molecule has 0 aliphatic carbocycles. The quantitative estimate of drug-likeness (QED) is 0.886. The monoisotopic (exact) mass is 282 g/mol. The van der Waals surface area contributed by atoms with Gasteiger partial charge in [0.1, 0.15) is 0 Å². The summed E-state index contributed by atoms with van der Waals surface area (Å²) in [6.07, 6.45) is 1.68. The van der Waals surface area contributed by atoms with Crippen molar-refractivity contribution in [3.05, 3.63) is 34.9 Å². The minimum absolute atomic E-state index is 0.0371. The van der Waals surface area contributed by atoms with E-state index in [0.717, 1.165) is 30.0 Å². The Morgan fingerprint density at radius 2 is 2.16 bits per heavy atom. The van der Waals surface area contributed by atoms with Crippen molar-refractivity contribution in [1.29, 1.82) is 0 Å². The number of benzene rings is 1. The van der Waals surface area contributed by atoms with Crippen LogP contribution in [0.3, 0.4) is 0 Å². The van der Waals surface area contributed by atoms with Gasteiger partial charge in [0.25, 0.3) is 0 Å². The van der Waals surface area contributed by atoms with E-state index in [0.29, 0.717) is 13.1 Å². The lowest BCUT2D eigenvalue weighted by Crippen LogP contribution is -2.39. The highest BCUT2D eigenvalue weighted by molar-refractivity contribution is 6.30. The molecule has 0 bridgehead atoms. The normalized spacial score (nSPS) is 18.6. The van der Waals surface area contributed by atoms with Gasteiger partial charge in [-0.05, 0) is 30.5 Å². The molecule has 104 valence electrons. The number of amides is 2. The third-order valence-electron chi connectivity index (χ3n) is 3.43. The van der Waals surface area contributed by atoms with Gasteiger partial charge in [-0.3, -0.25) is 0 Å². The fraction of sp³-hybridized carbons (Fsp3) is 0.500. The van der Waals surface area contributed by atoms with E-state index >= 15 is 0 Å². The molecule has 2 amide bonds. The first-order valence-electron chi connectivity index (χ1n) is 6.57. The van der Waals surface area contributed by atoms with E-state index in [2.05, 4.69) is 5.32 Å². The minimum atomic E-state index is -0.0371. The molecule has 1 atom stereocenters. The van der Waals surface area contributed by atoms with Crippen LogP contribution in [0, 0.1) is 5.92 Å². The van der Waals surface area contributed by atoms with Crippen LogP contribution in [0.1, 0.15) is 12.0 Å². The lowest BCUT2D eigenvalue weighted by atomic mass is 10.1. The summed E-state index contributed by atoms with van der Waals surface area (Å²) in [5.74, 6) is 0.238. The zero-order valence-electron chi connectivity index (χ0n) is 10.8. The molecule has 4 nitrogen and oxygen atoms in total. The van der Waals surface area contributed by atoms with E-state index < -0.39 is 0 Å². The highest BCUT2D eigenvalue weighted by atomic mass is 35.5. The summed E-state index contributed by atoms with van der Waals surface area (Å²) in [7, 11) is 0. The van der Waals surface area contributed by atoms with Crippen molar-refractivity contribution >= 4 is 17.6 Å². The first-order valence-corrected chi connectivity index (χ1v) is 6.95. The number of urea groups is 1. The second-order valence-corrected chi connectivity index (χ2v) is 5.33. The highest BCUT2D eigenvalue weighted by Gasteiger charge is 2.25. The van der Waals surface area contributed by atoms with Crippen LogP contribution in [0.15, 0.2) is 24.3 Å². The van der Waals surface area contributed by atoms with Crippen molar-refractivity contribution in [3.8, 4) is 0 Å². The Labute approximate surface area is 118 Å². The SMILES string of the molecule is O=C(NCCc1ccc(Cl)cc1)N1CCC(CO)C1. The Morgan fingerprint density at radius 1 is 1.42 bits per heavy atom. The maximum atomic E-state index is 11.9. The van der Waals surface area contributed by atoms with Crippen molar-refractivity contribution < 1.29 is 9.90 Å². The predicted molar refractivity (Wildman–Crippen MR) is 75.3 cm³/mol. The molecule has 2 N–H and O–H groups in total. The predicted octanol–water partition coefficient (Wildman–Crippen LogP) is 1.91. The van der Waals surface area contributed by atoms with Crippen molar-refractivity contribution in [2.45, 2.75) is 12.8 Å². The maximum absolute atomic E-state index is 11.9. The Balaban J connectivity index is 1.71. The van der Waals surface area contributed by atoms with Gasteiger partial charge in [0.2, 0.25) is 0 Å². The second-order valence-electron chi connectivity index (χ2n) is 4.89. The van der Waals surface area contributed by atoms with E-state index in [1.54, 1.807) is 4.90 Å². The van der Waals surface area contributed by atoms with Gasteiger partial charge < -0.3 is 15.3 Å². The fourth-order valence-electron chi connectivity index (χ4n) is 2.24. The summed E-state index contributed by atoms with van der Waals surface area (Å²) in [5, 5.41) is 12.7. The van der Waals surface area contributed by atoms with E-state index in [-0.39, 0.29) is 18.6 Å². The summed E-state index contributed by atoms with van der Waals surface area (Å²) in [4.78, 5) is 13.6. The Bertz CT molecular complexity index is 422. The number of hydrogen-bond donors (Lipinski definition) is 2. The number of halogens is 1. The van der Waals surface area contributed by atoms with E-state index in [1.807, 2.05) is 24.3 Å². The molecule has 1 aliphatic rings. The molecule has 1 unspecified atom stereocenters. The minimum Gasteiger partial charge on any atom is -0.396 e. The number of likely N-dealkylation sites (tertiary alicyclic amines) is 1. The molecule has 0 spiro atoms. The van der Waals surface area contributed by atoms with E-state index in [1.165, 1.54) is 0 Å². The summed E-state index contributed by atoms with van der Waals surface area (Å²) < 4.78 is 0. The largest absolute Gasteiger partial charge is 0.396 e. The number of nitrogens with zero attached hydrogens (tertiary/aromatic N) is 1. The third-order valence-corrected chi connectivity index (χ3v) is 3.69. The fourth-order valence-corrected chi connectivity index (χ4v) is 2.37. The van der Waals surface area contributed by atoms with Gasteiger partial charge in [0, 0.05) is 37.2 Å². The molecule has 19 heavy (non-hydrogen) atoms. The molecule has 1 saturated heterocycles. The van der Waals surface area contributed by atoms with Crippen molar-refractivity contribution in [2.24, 2.45) is 5.92 Å². The lowest BCUT2D eigenvalue weighted by molar-refractivity contribution is 0.198. The van der Waals surface area contributed by atoms with Crippen LogP contribution in [0.4, 0.5) is 4.79 Å². The molecule has 0 aromatic heterocycles. The summed E-state index contributed by atoms with van der Waals surface area (Å²) in [6.45, 7) is 2.16. The molecule has 0 radical (unpaired) electrons. The van der Waals surface area contributed by atoms with Crippen molar-refractivity contribution in [1.82, 2.24) is 10.2 Å². The molecule has 1 aromatic carbocycles. The van der Waals surface area contributed by atoms with Crippen LogP contribution in [0.2, 0.25) is 5.02 Å². The molecule has 2 rings (SSSR count). The van der Waals surface area contributed by atoms with Gasteiger partial charge in [-0.15, -0.1) is 0 Å². The summed E-state index contributed by atoms with van der Waals surface area (Å²) in [5.41, 5.74) is 1.15.